The number of fused-ring (bicyclic) bond motifs is 3. The van der Waals surface area contributed by atoms with Crippen LogP contribution in [0.1, 0.15) is 50.4 Å². The quantitative estimate of drug-likeness (QED) is 0.474. The van der Waals surface area contributed by atoms with Crippen molar-refractivity contribution in [2.24, 2.45) is 23.2 Å². The van der Waals surface area contributed by atoms with Crippen molar-refractivity contribution in [3.05, 3.63) is 42.0 Å². The minimum atomic E-state index is -0.234. The van der Waals surface area contributed by atoms with E-state index in [4.69, 9.17) is 4.74 Å². The van der Waals surface area contributed by atoms with Gasteiger partial charge in [0.2, 0.25) is 10.3 Å². The molecule has 7 heteroatoms. The van der Waals surface area contributed by atoms with Crippen LogP contribution in [0.3, 0.4) is 0 Å². The Bertz CT molecular complexity index is 1140. The van der Waals surface area contributed by atoms with Gasteiger partial charge >= 0.3 is 0 Å². The van der Waals surface area contributed by atoms with E-state index >= 15 is 0 Å². The third-order valence-corrected chi connectivity index (χ3v) is 8.38. The molecule has 0 radical (unpaired) electrons. The maximum absolute atomic E-state index is 13.2. The van der Waals surface area contributed by atoms with Gasteiger partial charge < -0.3 is 10.1 Å². The highest BCUT2D eigenvalue weighted by atomic mass is 32.1. The Balaban J connectivity index is 1.28. The Hall–Kier alpha value is -2.67. The summed E-state index contributed by atoms with van der Waals surface area (Å²) in [5.74, 6) is 2.72. The van der Waals surface area contributed by atoms with Crippen molar-refractivity contribution in [3.63, 3.8) is 0 Å². The van der Waals surface area contributed by atoms with Gasteiger partial charge in [-0.3, -0.25) is 10.1 Å². The molecule has 3 aromatic rings. The predicted octanol–water partition coefficient (Wildman–Crippen LogP) is 5.83. The van der Waals surface area contributed by atoms with Crippen LogP contribution in [0.15, 0.2) is 36.4 Å². The molecule has 0 saturated heterocycles. The fourth-order valence-electron chi connectivity index (χ4n) is 5.69. The topological polar surface area (TPSA) is 76.1 Å². The number of amides is 1. The van der Waals surface area contributed by atoms with Crippen LogP contribution >= 0.6 is 11.3 Å². The van der Waals surface area contributed by atoms with Gasteiger partial charge in [-0.1, -0.05) is 55.5 Å². The van der Waals surface area contributed by atoms with Gasteiger partial charge in [0.25, 0.3) is 5.91 Å². The summed E-state index contributed by atoms with van der Waals surface area (Å²) in [6.07, 6.45) is 3.99. The lowest BCUT2D eigenvalue weighted by molar-refractivity contribution is -0.100. The number of nitrogens with zero attached hydrogens (tertiary/aromatic N) is 2. The molecule has 32 heavy (non-hydrogen) atoms. The molecule has 6 rings (SSSR count). The Kier molecular flexibility index (Phi) is 5.53. The van der Waals surface area contributed by atoms with Crippen LogP contribution in [0, 0.1) is 23.2 Å². The molecule has 3 aliphatic rings. The summed E-state index contributed by atoms with van der Waals surface area (Å²) < 4.78 is 5.74. The summed E-state index contributed by atoms with van der Waals surface area (Å²) in [7, 11) is 0. The first-order chi connectivity index (χ1) is 15.5. The van der Waals surface area contributed by atoms with Crippen molar-refractivity contribution in [3.8, 4) is 5.75 Å². The van der Waals surface area contributed by atoms with Crippen LogP contribution < -0.4 is 15.4 Å². The van der Waals surface area contributed by atoms with Crippen LogP contribution in [0.25, 0.3) is 10.8 Å². The molecule has 3 aliphatic carbocycles. The van der Waals surface area contributed by atoms with Gasteiger partial charge in [-0.25, -0.2) is 0 Å². The number of aromatic nitrogens is 2. The van der Waals surface area contributed by atoms with E-state index in [1.165, 1.54) is 30.6 Å². The molecule has 2 unspecified atom stereocenters. The zero-order chi connectivity index (χ0) is 22.3. The van der Waals surface area contributed by atoms with E-state index in [1.54, 1.807) is 0 Å². The Labute approximate surface area is 192 Å². The fourth-order valence-corrected chi connectivity index (χ4v) is 6.34. The highest BCUT2D eigenvalue weighted by Crippen LogP contribution is 2.61. The summed E-state index contributed by atoms with van der Waals surface area (Å²) in [4.78, 5) is 13.2. The Morgan fingerprint density at radius 1 is 1.16 bits per heavy atom. The third-order valence-electron chi connectivity index (χ3n) is 7.58. The lowest BCUT2D eigenvalue weighted by Gasteiger charge is -2.60. The summed E-state index contributed by atoms with van der Waals surface area (Å²) in [5, 5.41) is 17.9. The van der Waals surface area contributed by atoms with Crippen molar-refractivity contribution in [1.29, 1.82) is 0 Å². The smallest absolute Gasteiger partial charge is 0.261 e. The minimum absolute atomic E-state index is 0.234. The number of rotatable bonds is 7. The highest BCUT2D eigenvalue weighted by Gasteiger charge is 2.53. The second kappa shape index (κ2) is 8.35. The number of carbonyl (C=O) groups excluding carboxylic acids is 1. The molecule has 2 bridgehead atoms. The molecule has 0 spiro atoms. The normalized spacial score (nSPS) is 23.4. The van der Waals surface area contributed by atoms with Crippen molar-refractivity contribution in [1.82, 2.24) is 10.2 Å². The molecule has 3 saturated carbocycles. The third kappa shape index (κ3) is 3.72. The number of nitrogens with one attached hydrogen (secondary N) is 2. The maximum atomic E-state index is 13.2. The molecule has 2 aromatic carbocycles. The predicted molar refractivity (Wildman–Crippen MR) is 130 cm³/mol. The standard InChI is InChI=1S/C25H30N4O2S/c1-4-31-20-12-10-15-7-5-6-8-18(15)21(20)22(30)27-24-29-28-23(32-24)26-14-16-9-11-17-13-19(16)25(17,2)3/h5-8,10,12,16-17,19H,4,9,11,13-14H2,1-3H3,(H,26,28)(H,27,29,30)/t16-,17?,19?/m0/s1. The fraction of sp³-hybridized carbons (Fsp3) is 0.480. The molecule has 1 aromatic heterocycles. The lowest BCUT2D eigenvalue weighted by atomic mass is 9.45. The summed E-state index contributed by atoms with van der Waals surface area (Å²) in [6, 6.07) is 11.6. The largest absolute Gasteiger partial charge is 0.493 e. The van der Waals surface area contributed by atoms with Crippen molar-refractivity contribution in [2.45, 2.75) is 40.0 Å². The van der Waals surface area contributed by atoms with Gasteiger partial charge in [-0.15, -0.1) is 10.2 Å². The molecule has 1 amide bonds. The molecule has 3 atom stereocenters. The van der Waals surface area contributed by atoms with E-state index in [0.29, 0.717) is 34.4 Å². The molecule has 6 nitrogen and oxygen atoms in total. The summed E-state index contributed by atoms with van der Waals surface area (Å²) in [5.41, 5.74) is 1.00. The van der Waals surface area contributed by atoms with Gasteiger partial charge in [0.05, 0.1) is 12.2 Å². The van der Waals surface area contributed by atoms with Crippen LogP contribution in [-0.4, -0.2) is 29.3 Å². The zero-order valence-corrected chi connectivity index (χ0v) is 19.7. The van der Waals surface area contributed by atoms with Crippen molar-refractivity contribution in [2.75, 3.05) is 23.8 Å². The molecule has 3 fully saturated rings. The van der Waals surface area contributed by atoms with E-state index in [9.17, 15) is 4.79 Å². The Morgan fingerprint density at radius 3 is 2.75 bits per heavy atom. The summed E-state index contributed by atoms with van der Waals surface area (Å²) >= 11 is 1.38. The SMILES string of the molecule is CCOc1ccc2ccccc2c1C(=O)Nc1nnc(NC[C@@H]2CCC3CC2C3(C)C)s1. The lowest BCUT2D eigenvalue weighted by Crippen LogP contribution is -2.53. The number of ether oxygens (including phenoxy) is 1. The first-order valence-electron chi connectivity index (χ1n) is 11.5. The molecule has 168 valence electrons. The number of benzene rings is 2. The number of anilines is 2. The van der Waals surface area contributed by atoms with Crippen LogP contribution in [0.2, 0.25) is 0 Å². The van der Waals surface area contributed by atoms with E-state index in [1.807, 2.05) is 43.3 Å². The number of carbonyl (C=O) groups is 1. The van der Waals surface area contributed by atoms with Gasteiger partial charge in [0.1, 0.15) is 5.75 Å². The monoisotopic (exact) mass is 450 g/mol. The molecule has 1 heterocycles. The highest BCUT2D eigenvalue weighted by molar-refractivity contribution is 7.19. The number of hydrogen-bond acceptors (Lipinski definition) is 6. The minimum Gasteiger partial charge on any atom is -0.493 e. The average Bonchev–Trinajstić information content (AvgIpc) is 3.24. The molecular weight excluding hydrogens is 420 g/mol. The van der Waals surface area contributed by atoms with E-state index in [2.05, 4.69) is 34.7 Å². The van der Waals surface area contributed by atoms with Crippen molar-refractivity contribution < 1.29 is 9.53 Å². The maximum Gasteiger partial charge on any atom is 0.261 e. The van der Waals surface area contributed by atoms with Gasteiger partial charge in [-0.05, 0) is 66.2 Å². The molecular formula is C25H30N4O2S. The zero-order valence-electron chi connectivity index (χ0n) is 18.9. The average molecular weight is 451 g/mol. The van der Waals surface area contributed by atoms with Crippen LogP contribution in [0.5, 0.6) is 5.75 Å². The van der Waals surface area contributed by atoms with Crippen molar-refractivity contribution >= 4 is 38.3 Å². The first kappa shape index (κ1) is 21.2. The van der Waals surface area contributed by atoms with E-state index in [-0.39, 0.29) is 5.91 Å². The van der Waals surface area contributed by atoms with Gasteiger partial charge in [0.15, 0.2) is 0 Å². The molecule has 0 aliphatic heterocycles. The first-order valence-corrected chi connectivity index (χ1v) is 12.3. The second-order valence-corrected chi connectivity index (χ2v) is 10.5. The Morgan fingerprint density at radius 2 is 1.97 bits per heavy atom. The van der Waals surface area contributed by atoms with Crippen LogP contribution in [-0.2, 0) is 0 Å². The van der Waals surface area contributed by atoms with E-state index < -0.39 is 0 Å². The summed E-state index contributed by atoms with van der Waals surface area (Å²) in [6.45, 7) is 8.16. The van der Waals surface area contributed by atoms with E-state index in [0.717, 1.165) is 34.3 Å². The van der Waals surface area contributed by atoms with Crippen LogP contribution in [0.4, 0.5) is 10.3 Å². The second-order valence-electron chi connectivity index (χ2n) is 9.54. The molecule has 2 N–H and O–H groups in total. The number of hydrogen-bond donors (Lipinski definition) is 2. The van der Waals surface area contributed by atoms with Gasteiger partial charge in [0, 0.05) is 6.54 Å². The van der Waals surface area contributed by atoms with Gasteiger partial charge in [-0.2, -0.15) is 0 Å².